The molecule has 0 unspecified atom stereocenters. The summed E-state index contributed by atoms with van der Waals surface area (Å²) < 4.78 is 32.7. The van der Waals surface area contributed by atoms with Crippen LogP contribution in [-0.2, 0) is 19.6 Å². The van der Waals surface area contributed by atoms with Gasteiger partial charge in [0.2, 0.25) is 21.8 Å². The molecule has 1 aromatic carbocycles. The number of carbonyl (C=O) groups is 2. The highest BCUT2D eigenvalue weighted by atomic mass is 32.2. The zero-order valence-corrected chi connectivity index (χ0v) is 13.3. The highest BCUT2D eigenvalue weighted by Gasteiger charge is 2.43. The fraction of sp³-hybridized carbons (Fsp3) is 0.429. The van der Waals surface area contributed by atoms with E-state index in [0.29, 0.717) is 0 Å². The van der Waals surface area contributed by atoms with Crippen molar-refractivity contribution in [1.82, 2.24) is 14.9 Å². The van der Waals surface area contributed by atoms with E-state index in [0.717, 1.165) is 0 Å². The molecule has 1 aromatic rings. The summed E-state index contributed by atoms with van der Waals surface area (Å²) in [6, 6.07) is 5.16. The Balaban J connectivity index is 1.79. The van der Waals surface area contributed by atoms with Gasteiger partial charge in [-0.15, -0.1) is 0 Å². The van der Waals surface area contributed by atoms with Crippen LogP contribution in [0.4, 0.5) is 0 Å². The molecule has 2 saturated heterocycles. The van der Waals surface area contributed by atoms with Gasteiger partial charge >= 0.3 is 0 Å². The highest BCUT2D eigenvalue weighted by Crippen LogP contribution is 2.26. The first kappa shape index (κ1) is 15.8. The van der Waals surface area contributed by atoms with E-state index in [4.69, 9.17) is 4.74 Å². The van der Waals surface area contributed by atoms with E-state index < -0.39 is 22.1 Å². The minimum atomic E-state index is -3.81. The first-order valence-electron chi connectivity index (χ1n) is 7.15. The molecule has 2 fully saturated rings. The highest BCUT2D eigenvalue weighted by molar-refractivity contribution is 7.89. The smallest absolute Gasteiger partial charge is 0.244 e. The SMILES string of the molecule is COc1ccccc1S(=O)(=O)N[C@@H]1C[C@H]2C(=O)NCC(=O)N2C1. The summed E-state index contributed by atoms with van der Waals surface area (Å²) in [6.07, 6.45) is 0.256. The molecule has 2 aliphatic rings. The number of amides is 2. The second-order valence-corrected chi connectivity index (χ2v) is 7.17. The molecular formula is C14H17N3O5S. The maximum atomic E-state index is 12.5. The third-order valence-electron chi connectivity index (χ3n) is 4.02. The van der Waals surface area contributed by atoms with E-state index in [9.17, 15) is 18.0 Å². The van der Waals surface area contributed by atoms with Crippen LogP contribution in [0.5, 0.6) is 5.75 Å². The maximum Gasteiger partial charge on any atom is 0.244 e. The Kier molecular flexibility index (Phi) is 3.99. The molecule has 2 aliphatic heterocycles. The van der Waals surface area contributed by atoms with Crippen LogP contribution in [0.15, 0.2) is 29.2 Å². The monoisotopic (exact) mass is 339 g/mol. The number of nitrogens with one attached hydrogen (secondary N) is 2. The minimum Gasteiger partial charge on any atom is -0.495 e. The van der Waals surface area contributed by atoms with Gasteiger partial charge in [0.15, 0.2) is 0 Å². The summed E-state index contributed by atoms with van der Waals surface area (Å²) in [4.78, 5) is 25.1. The molecule has 9 heteroatoms. The van der Waals surface area contributed by atoms with Crippen LogP contribution in [-0.4, -0.2) is 57.4 Å². The van der Waals surface area contributed by atoms with Gasteiger partial charge in [0.25, 0.3) is 0 Å². The fourth-order valence-corrected chi connectivity index (χ4v) is 4.36. The number of hydrogen-bond donors (Lipinski definition) is 2. The minimum absolute atomic E-state index is 0.0307. The van der Waals surface area contributed by atoms with Gasteiger partial charge in [-0.05, 0) is 18.6 Å². The lowest BCUT2D eigenvalue weighted by Crippen LogP contribution is -2.55. The van der Waals surface area contributed by atoms with Crippen molar-refractivity contribution in [3.63, 3.8) is 0 Å². The molecule has 2 heterocycles. The standard InChI is InChI=1S/C14H17N3O5S/c1-22-11-4-2-3-5-12(11)23(20,21)16-9-6-10-14(19)15-7-13(18)17(10)8-9/h2-5,9-10,16H,6-8H2,1H3,(H,15,19)/t9-,10+/m1/s1. The largest absolute Gasteiger partial charge is 0.495 e. The Bertz CT molecular complexity index is 725. The predicted octanol–water partition coefficient (Wildman–Crippen LogP) is -0.927. The van der Waals surface area contributed by atoms with Crippen LogP contribution >= 0.6 is 0 Å². The summed E-state index contributed by atoms with van der Waals surface area (Å²) in [7, 11) is -2.41. The summed E-state index contributed by atoms with van der Waals surface area (Å²) in [5, 5.41) is 2.51. The van der Waals surface area contributed by atoms with Crippen molar-refractivity contribution < 1.29 is 22.7 Å². The van der Waals surface area contributed by atoms with E-state index in [1.165, 1.54) is 18.1 Å². The second kappa shape index (κ2) is 5.82. The summed E-state index contributed by atoms with van der Waals surface area (Å²) in [6.45, 7) is 0.145. The number of rotatable bonds is 4. The van der Waals surface area contributed by atoms with Gasteiger partial charge in [-0.25, -0.2) is 13.1 Å². The van der Waals surface area contributed by atoms with Crippen molar-refractivity contribution >= 4 is 21.8 Å². The summed E-state index contributed by atoms with van der Waals surface area (Å²) in [5.41, 5.74) is 0. The molecule has 0 radical (unpaired) electrons. The van der Waals surface area contributed by atoms with Crippen LogP contribution in [0.1, 0.15) is 6.42 Å². The average molecular weight is 339 g/mol. The molecular weight excluding hydrogens is 322 g/mol. The zero-order chi connectivity index (χ0) is 16.6. The fourth-order valence-electron chi connectivity index (χ4n) is 2.95. The normalized spacial score (nSPS) is 24.3. The van der Waals surface area contributed by atoms with Gasteiger partial charge in [0.05, 0.1) is 13.7 Å². The Hall–Kier alpha value is -2.13. The molecule has 2 atom stereocenters. The molecule has 0 spiro atoms. The van der Waals surface area contributed by atoms with Crippen LogP contribution in [0.3, 0.4) is 0 Å². The first-order chi connectivity index (χ1) is 10.9. The van der Waals surface area contributed by atoms with Crippen LogP contribution in [0.2, 0.25) is 0 Å². The lowest BCUT2D eigenvalue weighted by atomic mass is 10.1. The lowest BCUT2D eigenvalue weighted by molar-refractivity contribution is -0.143. The van der Waals surface area contributed by atoms with Gasteiger partial charge in [0, 0.05) is 12.6 Å². The summed E-state index contributed by atoms with van der Waals surface area (Å²) in [5.74, 6) is -0.207. The number of nitrogens with zero attached hydrogens (tertiary/aromatic N) is 1. The second-order valence-electron chi connectivity index (χ2n) is 5.48. The number of hydrogen-bond acceptors (Lipinski definition) is 5. The number of piperazine rings is 1. The molecule has 0 bridgehead atoms. The Morgan fingerprint density at radius 1 is 1.30 bits per heavy atom. The third-order valence-corrected chi connectivity index (χ3v) is 5.58. The quantitative estimate of drug-likeness (QED) is 0.738. The number of methoxy groups -OCH3 is 1. The molecule has 0 saturated carbocycles. The van der Waals surface area contributed by atoms with Crippen molar-refractivity contribution in [2.45, 2.75) is 23.4 Å². The van der Waals surface area contributed by atoms with Crippen LogP contribution in [0, 0.1) is 0 Å². The van der Waals surface area contributed by atoms with Crippen molar-refractivity contribution in [2.24, 2.45) is 0 Å². The van der Waals surface area contributed by atoms with Crippen molar-refractivity contribution in [1.29, 1.82) is 0 Å². The average Bonchev–Trinajstić information content (AvgIpc) is 2.95. The van der Waals surface area contributed by atoms with Gasteiger partial charge in [-0.3, -0.25) is 9.59 Å². The summed E-state index contributed by atoms with van der Waals surface area (Å²) >= 11 is 0. The molecule has 3 rings (SSSR count). The number of benzene rings is 1. The molecule has 2 amide bonds. The predicted molar refractivity (Wildman–Crippen MR) is 80.2 cm³/mol. The Labute approximate surface area is 133 Å². The van der Waals surface area contributed by atoms with Gasteiger partial charge < -0.3 is 15.0 Å². The molecule has 8 nitrogen and oxygen atoms in total. The van der Waals surface area contributed by atoms with E-state index >= 15 is 0 Å². The van der Waals surface area contributed by atoms with Crippen molar-refractivity contribution in [2.75, 3.05) is 20.2 Å². The molecule has 0 aliphatic carbocycles. The van der Waals surface area contributed by atoms with Gasteiger partial charge in [-0.1, -0.05) is 12.1 Å². The van der Waals surface area contributed by atoms with Crippen LogP contribution in [0.25, 0.3) is 0 Å². The number of fused-ring (bicyclic) bond motifs is 1. The Morgan fingerprint density at radius 3 is 2.74 bits per heavy atom. The Morgan fingerprint density at radius 2 is 2.04 bits per heavy atom. The van der Waals surface area contributed by atoms with Crippen molar-refractivity contribution in [3.8, 4) is 5.75 Å². The maximum absolute atomic E-state index is 12.5. The number of ether oxygens (including phenoxy) is 1. The molecule has 2 N–H and O–H groups in total. The number of sulfonamides is 1. The lowest BCUT2D eigenvalue weighted by Gasteiger charge is -2.28. The number of carbonyl (C=O) groups excluding carboxylic acids is 2. The van der Waals surface area contributed by atoms with Gasteiger partial charge in [0.1, 0.15) is 16.7 Å². The van der Waals surface area contributed by atoms with E-state index in [1.807, 2.05) is 0 Å². The van der Waals surface area contributed by atoms with E-state index in [1.54, 1.807) is 18.2 Å². The molecule has 23 heavy (non-hydrogen) atoms. The van der Waals surface area contributed by atoms with E-state index in [-0.39, 0.29) is 42.0 Å². The third kappa shape index (κ3) is 2.89. The molecule has 0 aromatic heterocycles. The van der Waals surface area contributed by atoms with Crippen molar-refractivity contribution in [3.05, 3.63) is 24.3 Å². The molecule has 124 valence electrons. The zero-order valence-electron chi connectivity index (χ0n) is 12.5. The van der Waals surface area contributed by atoms with Gasteiger partial charge in [-0.2, -0.15) is 0 Å². The first-order valence-corrected chi connectivity index (χ1v) is 8.63. The topological polar surface area (TPSA) is 105 Å². The number of para-hydroxylation sites is 1. The van der Waals surface area contributed by atoms with Crippen LogP contribution < -0.4 is 14.8 Å². The van der Waals surface area contributed by atoms with E-state index in [2.05, 4.69) is 10.0 Å².